The second-order valence-electron chi connectivity index (χ2n) is 6.61. The van der Waals surface area contributed by atoms with E-state index in [1.165, 1.54) is 0 Å². The number of amides is 2. The van der Waals surface area contributed by atoms with Crippen molar-refractivity contribution in [1.29, 1.82) is 0 Å². The number of aromatic hydroxyl groups is 1. The van der Waals surface area contributed by atoms with E-state index in [9.17, 15) is 14.7 Å². The number of hydrazine groups is 1. The van der Waals surface area contributed by atoms with Crippen LogP contribution in [0.15, 0.2) is 12.1 Å². The predicted molar refractivity (Wildman–Crippen MR) is 85.2 cm³/mol. The summed E-state index contributed by atoms with van der Waals surface area (Å²) in [7, 11) is 0. The summed E-state index contributed by atoms with van der Waals surface area (Å²) in [4.78, 5) is 22.6. The second kappa shape index (κ2) is 6.79. The zero-order chi connectivity index (χ0) is 17.1. The molecule has 1 atom stereocenters. The minimum absolute atomic E-state index is 0.184. The normalized spacial score (nSPS) is 12.6. The lowest BCUT2D eigenvalue weighted by Crippen LogP contribution is -2.46. The van der Waals surface area contributed by atoms with Gasteiger partial charge in [0.2, 0.25) is 0 Å². The molecule has 0 heterocycles. The fraction of sp³-hybridized carbons (Fsp3) is 0.500. The molecular weight excluding hydrogens is 282 g/mol. The summed E-state index contributed by atoms with van der Waals surface area (Å²) in [6.45, 7) is 9.74. The van der Waals surface area contributed by atoms with Crippen molar-refractivity contribution in [2.24, 2.45) is 5.84 Å². The van der Waals surface area contributed by atoms with Crippen molar-refractivity contribution >= 4 is 11.8 Å². The average Bonchev–Trinajstić information content (AvgIpc) is 2.40. The molecule has 0 aliphatic heterocycles. The Morgan fingerprint density at radius 1 is 1.27 bits per heavy atom. The minimum Gasteiger partial charge on any atom is -0.507 e. The van der Waals surface area contributed by atoms with Gasteiger partial charge in [-0.15, -0.1) is 0 Å². The Balaban J connectivity index is 2.93. The fourth-order valence-electron chi connectivity index (χ4n) is 2.30. The van der Waals surface area contributed by atoms with Gasteiger partial charge in [-0.05, 0) is 42.4 Å². The summed E-state index contributed by atoms with van der Waals surface area (Å²) < 4.78 is 0. The van der Waals surface area contributed by atoms with Crippen LogP contribution in [0.25, 0.3) is 0 Å². The quantitative estimate of drug-likeness (QED) is 0.290. The molecule has 6 nitrogen and oxygen atoms in total. The first kappa shape index (κ1) is 18.0. The summed E-state index contributed by atoms with van der Waals surface area (Å²) in [5.41, 5.74) is 4.25. The number of carbonyl (C=O) groups excluding carboxylic acids is 2. The van der Waals surface area contributed by atoms with Crippen LogP contribution >= 0.6 is 0 Å². The minimum atomic E-state index is -0.871. The Labute approximate surface area is 131 Å². The Morgan fingerprint density at radius 3 is 2.36 bits per heavy atom. The first-order chi connectivity index (χ1) is 10.1. The molecule has 1 aromatic carbocycles. The molecule has 0 aliphatic carbocycles. The summed E-state index contributed by atoms with van der Waals surface area (Å²) in [5, 5.41) is 12.8. The van der Waals surface area contributed by atoms with E-state index in [0.29, 0.717) is 12.2 Å². The Morgan fingerprint density at radius 2 is 1.86 bits per heavy atom. The largest absolute Gasteiger partial charge is 0.507 e. The molecule has 22 heavy (non-hydrogen) atoms. The standard InChI is InChI=1S/C16H25N3O3/c1-9-6-11(8-12(13(9)20)16(3,4)5)7-10(2)18-14(21)15(22)19-17/h6,8,10,20H,7,17H2,1-5H3,(H,18,21)(H,19,22). The van der Waals surface area contributed by atoms with E-state index in [1.807, 2.05) is 39.8 Å². The van der Waals surface area contributed by atoms with Crippen LogP contribution in [0.3, 0.4) is 0 Å². The van der Waals surface area contributed by atoms with Gasteiger partial charge in [-0.3, -0.25) is 15.0 Å². The third-order valence-electron chi connectivity index (χ3n) is 3.42. The van der Waals surface area contributed by atoms with Gasteiger partial charge in [0.1, 0.15) is 5.75 Å². The number of rotatable bonds is 3. The molecule has 0 saturated heterocycles. The lowest BCUT2D eigenvalue weighted by molar-refractivity contribution is -0.139. The van der Waals surface area contributed by atoms with Gasteiger partial charge in [-0.1, -0.05) is 32.9 Å². The number of carbonyl (C=O) groups is 2. The summed E-state index contributed by atoms with van der Waals surface area (Å²) >= 11 is 0. The van der Waals surface area contributed by atoms with Crippen molar-refractivity contribution in [3.05, 3.63) is 28.8 Å². The second-order valence-corrected chi connectivity index (χ2v) is 6.61. The number of aryl methyl sites for hydroxylation is 1. The Kier molecular flexibility index (Phi) is 5.54. The number of hydrogen-bond donors (Lipinski definition) is 4. The van der Waals surface area contributed by atoms with E-state index in [2.05, 4.69) is 5.32 Å². The molecule has 2 amide bonds. The highest BCUT2D eigenvalue weighted by atomic mass is 16.3. The van der Waals surface area contributed by atoms with Gasteiger partial charge in [-0.2, -0.15) is 0 Å². The van der Waals surface area contributed by atoms with E-state index >= 15 is 0 Å². The van der Waals surface area contributed by atoms with Crippen LogP contribution in [0.1, 0.15) is 44.4 Å². The summed E-state index contributed by atoms with van der Waals surface area (Å²) in [6, 6.07) is 3.59. The molecule has 6 heteroatoms. The highest BCUT2D eigenvalue weighted by molar-refractivity contribution is 6.34. The van der Waals surface area contributed by atoms with Crippen LogP contribution in [-0.4, -0.2) is 23.0 Å². The Hall–Kier alpha value is -2.08. The number of nitrogens with one attached hydrogen (secondary N) is 2. The fourth-order valence-corrected chi connectivity index (χ4v) is 2.30. The molecule has 0 aliphatic rings. The van der Waals surface area contributed by atoms with Gasteiger partial charge in [0.15, 0.2) is 0 Å². The highest BCUT2D eigenvalue weighted by Gasteiger charge is 2.21. The first-order valence-electron chi connectivity index (χ1n) is 7.20. The maximum absolute atomic E-state index is 11.5. The van der Waals surface area contributed by atoms with Gasteiger partial charge in [0.05, 0.1) is 0 Å². The van der Waals surface area contributed by atoms with E-state index in [4.69, 9.17) is 5.84 Å². The van der Waals surface area contributed by atoms with Crippen molar-refractivity contribution in [2.75, 3.05) is 0 Å². The zero-order valence-electron chi connectivity index (χ0n) is 13.8. The van der Waals surface area contributed by atoms with Crippen LogP contribution in [0.2, 0.25) is 0 Å². The number of phenols is 1. The average molecular weight is 307 g/mol. The maximum atomic E-state index is 11.5. The number of benzene rings is 1. The molecule has 1 unspecified atom stereocenters. The monoisotopic (exact) mass is 307 g/mol. The van der Waals surface area contributed by atoms with E-state index in [1.54, 1.807) is 12.3 Å². The third kappa shape index (κ3) is 4.46. The zero-order valence-corrected chi connectivity index (χ0v) is 13.8. The van der Waals surface area contributed by atoms with Crippen molar-refractivity contribution < 1.29 is 14.7 Å². The van der Waals surface area contributed by atoms with E-state index < -0.39 is 11.8 Å². The number of phenolic OH excluding ortho intramolecular Hbond substituents is 1. The lowest BCUT2D eigenvalue weighted by atomic mass is 9.83. The van der Waals surface area contributed by atoms with Crippen molar-refractivity contribution in [2.45, 2.75) is 52.5 Å². The van der Waals surface area contributed by atoms with Crippen LogP contribution in [0.5, 0.6) is 5.75 Å². The molecule has 0 fully saturated rings. The van der Waals surface area contributed by atoms with Gasteiger partial charge in [0, 0.05) is 6.04 Å². The van der Waals surface area contributed by atoms with Crippen LogP contribution in [0.4, 0.5) is 0 Å². The maximum Gasteiger partial charge on any atom is 0.323 e. The summed E-state index contributed by atoms with van der Waals surface area (Å²) in [6.07, 6.45) is 0.549. The van der Waals surface area contributed by atoms with Crippen molar-refractivity contribution in [3.63, 3.8) is 0 Å². The molecule has 0 radical (unpaired) electrons. The highest BCUT2D eigenvalue weighted by Crippen LogP contribution is 2.34. The first-order valence-corrected chi connectivity index (χ1v) is 7.20. The topological polar surface area (TPSA) is 104 Å². The molecular formula is C16H25N3O3. The smallest absolute Gasteiger partial charge is 0.323 e. The molecule has 0 bridgehead atoms. The number of nitrogens with two attached hydrogens (primary N) is 1. The van der Waals surface area contributed by atoms with Gasteiger partial charge in [0.25, 0.3) is 0 Å². The molecule has 5 N–H and O–H groups in total. The van der Waals surface area contributed by atoms with Crippen LogP contribution in [0, 0.1) is 6.92 Å². The van der Waals surface area contributed by atoms with E-state index in [-0.39, 0.29) is 11.5 Å². The molecule has 122 valence electrons. The Bertz CT molecular complexity index is 577. The molecule has 0 saturated carbocycles. The van der Waals surface area contributed by atoms with E-state index in [0.717, 1.165) is 16.7 Å². The summed E-state index contributed by atoms with van der Waals surface area (Å²) in [5.74, 6) is 3.59. The van der Waals surface area contributed by atoms with Crippen LogP contribution in [-0.2, 0) is 21.4 Å². The van der Waals surface area contributed by atoms with Crippen LogP contribution < -0.4 is 16.6 Å². The SMILES string of the molecule is Cc1cc(CC(C)NC(=O)C(=O)NN)cc(C(C)(C)C)c1O. The van der Waals surface area contributed by atoms with Gasteiger partial charge >= 0.3 is 11.8 Å². The van der Waals surface area contributed by atoms with Gasteiger partial charge in [-0.25, -0.2) is 5.84 Å². The third-order valence-corrected chi connectivity index (χ3v) is 3.42. The predicted octanol–water partition coefficient (Wildman–Crippen LogP) is 1.04. The molecule has 0 aromatic heterocycles. The van der Waals surface area contributed by atoms with Crippen molar-refractivity contribution in [1.82, 2.24) is 10.7 Å². The van der Waals surface area contributed by atoms with Gasteiger partial charge < -0.3 is 10.4 Å². The lowest BCUT2D eigenvalue weighted by Gasteiger charge is -2.23. The molecule has 0 spiro atoms. The molecule has 1 aromatic rings. The van der Waals surface area contributed by atoms with Crippen molar-refractivity contribution in [3.8, 4) is 5.75 Å². The molecule has 1 rings (SSSR count). The number of hydrogen-bond acceptors (Lipinski definition) is 4.